The van der Waals surface area contributed by atoms with Gasteiger partial charge in [-0.1, -0.05) is 0 Å². The van der Waals surface area contributed by atoms with Crippen LogP contribution < -0.4 is 0 Å². The molecule has 0 unspecified atom stereocenters. The highest BCUT2D eigenvalue weighted by Crippen LogP contribution is 2.47. The Hall–Kier alpha value is -0.220. The Balaban J connectivity index is 4.21. The second-order valence-electron chi connectivity index (χ2n) is 2.58. The highest BCUT2D eigenvalue weighted by molar-refractivity contribution is 7.54. The van der Waals surface area contributed by atoms with E-state index < -0.39 is 7.60 Å². The fraction of sp³-hybridized carbons (Fsp3) is 0.875. The molecule has 0 rings (SSSR count). The van der Waals surface area contributed by atoms with Gasteiger partial charge in [-0.05, 0) is 13.8 Å². The minimum atomic E-state index is -3.23. The maximum absolute atomic E-state index is 11.8. The first-order valence-corrected chi connectivity index (χ1v) is 6.19. The first-order valence-electron chi connectivity index (χ1n) is 4.46. The van der Waals surface area contributed by atoms with E-state index in [0.29, 0.717) is 0 Å². The molecule has 0 aliphatic rings. The lowest BCUT2D eigenvalue weighted by Gasteiger charge is -2.15. The standard InChI is InChI=1S/C8H17O5P/c1-4-12-14(10,13-5-2)7-8(9)6-11-3/h4-7H2,1-3H3. The monoisotopic (exact) mass is 224 g/mol. The topological polar surface area (TPSA) is 61.8 Å². The second kappa shape index (κ2) is 7.12. The molecular weight excluding hydrogens is 207 g/mol. The number of hydrogen-bond acceptors (Lipinski definition) is 5. The van der Waals surface area contributed by atoms with Crippen molar-refractivity contribution in [3.63, 3.8) is 0 Å². The third-order valence-corrected chi connectivity index (χ3v) is 3.37. The summed E-state index contributed by atoms with van der Waals surface area (Å²) in [6, 6.07) is 0. The molecule has 0 N–H and O–H groups in total. The first-order chi connectivity index (χ1) is 6.58. The highest BCUT2D eigenvalue weighted by atomic mass is 31.2. The van der Waals surface area contributed by atoms with Crippen molar-refractivity contribution in [1.82, 2.24) is 0 Å². The molecule has 0 spiro atoms. The van der Waals surface area contributed by atoms with Gasteiger partial charge in [0.25, 0.3) is 0 Å². The molecule has 0 aromatic rings. The number of methoxy groups -OCH3 is 1. The number of hydrogen-bond donors (Lipinski definition) is 0. The minimum absolute atomic E-state index is 0.0653. The van der Waals surface area contributed by atoms with Gasteiger partial charge < -0.3 is 13.8 Å². The molecule has 84 valence electrons. The highest BCUT2D eigenvalue weighted by Gasteiger charge is 2.27. The summed E-state index contributed by atoms with van der Waals surface area (Å²) in [6.45, 7) is 3.86. The lowest BCUT2D eigenvalue weighted by atomic mass is 10.5. The van der Waals surface area contributed by atoms with E-state index in [1.165, 1.54) is 7.11 Å². The first kappa shape index (κ1) is 13.8. The molecule has 5 nitrogen and oxygen atoms in total. The fourth-order valence-electron chi connectivity index (χ4n) is 0.945. The lowest BCUT2D eigenvalue weighted by molar-refractivity contribution is -0.120. The molecule has 0 radical (unpaired) electrons. The molecule has 0 fully saturated rings. The van der Waals surface area contributed by atoms with Crippen LogP contribution in [0.1, 0.15) is 13.8 Å². The summed E-state index contributed by atoms with van der Waals surface area (Å²) in [5, 5.41) is 0. The zero-order chi connectivity index (χ0) is 11.0. The molecule has 0 aliphatic carbocycles. The largest absolute Gasteiger partial charge is 0.377 e. The van der Waals surface area contributed by atoms with Gasteiger partial charge in [0.1, 0.15) is 12.8 Å². The minimum Gasteiger partial charge on any atom is -0.377 e. The van der Waals surface area contributed by atoms with Crippen LogP contribution in [0.25, 0.3) is 0 Å². The Bertz CT molecular complexity index is 206. The van der Waals surface area contributed by atoms with Crippen LogP contribution in [0, 0.1) is 0 Å². The van der Waals surface area contributed by atoms with Crippen molar-refractivity contribution >= 4 is 13.4 Å². The normalized spacial score (nSPS) is 11.6. The summed E-state index contributed by atoms with van der Waals surface area (Å²) in [5.74, 6) is -0.280. The van der Waals surface area contributed by atoms with Crippen molar-refractivity contribution in [2.75, 3.05) is 33.1 Å². The second-order valence-corrected chi connectivity index (χ2v) is 4.63. The van der Waals surface area contributed by atoms with E-state index in [9.17, 15) is 9.36 Å². The molecule has 0 aromatic carbocycles. The molecule has 0 atom stereocenters. The molecule has 6 heteroatoms. The van der Waals surface area contributed by atoms with Crippen LogP contribution in [0.5, 0.6) is 0 Å². The molecule has 14 heavy (non-hydrogen) atoms. The van der Waals surface area contributed by atoms with Crippen molar-refractivity contribution in [3.05, 3.63) is 0 Å². The molecule has 0 aromatic heterocycles. The summed E-state index contributed by atoms with van der Waals surface area (Å²) in [4.78, 5) is 11.2. The number of carbonyl (C=O) groups is 1. The van der Waals surface area contributed by atoms with Crippen LogP contribution in [-0.4, -0.2) is 38.9 Å². The van der Waals surface area contributed by atoms with Crippen molar-refractivity contribution in [2.24, 2.45) is 0 Å². The van der Waals surface area contributed by atoms with E-state index >= 15 is 0 Å². The van der Waals surface area contributed by atoms with Crippen LogP contribution in [0.15, 0.2) is 0 Å². The van der Waals surface area contributed by atoms with E-state index in [4.69, 9.17) is 9.05 Å². The summed E-state index contributed by atoms with van der Waals surface area (Å²) in [6.07, 6.45) is -0.220. The van der Waals surface area contributed by atoms with Gasteiger partial charge in [-0.3, -0.25) is 9.36 Å². The maximum Gasteiger partial charge on any atom is 0.338 e. The average molecular weight is 224 g/mol. The number of rotatable bonds is 8. The number of ketones is 1. The van der Waals surface area contributed by atoms with Crippen molar-refractivity contribution in [1.29, 1.82) is 0 Å². The molecular formula is C8H17O5P. The van der Waals surface area contributed by atoms with Gasteiger partial charge >= 0.3 is 7.60 Å². The van der Waals surface area contributed by atoms with E-state index in [1.807, 2.05) is 0 Å². The summed E-state index contributed by atoms with van der Waals surface area (Å²) < 4.78 is 26.3. The third-order valence-electron chi connectivity index (χ3n) is 1.33. The lowest BCUT2D eigenvalue weighted by Crippen LogP contribution is -2.14. The van der Waals surface area contributed by atoms with Gasteiger partial charge in [-0.25, -0.2) is 0 Å². The summed E-state index contributed by atoms with van der Waals surface area (Å²) in [7, 11) is -1.83. The number of carbonyl (C=O) groups excluding carboxylic acids is 1. The predicted octanol–water partition coefficient (Wildman–Crippen LogP) is 1.47. The Kier molecular flexibility index (Phi) is 7.01. The quantitative estimate of drug-likeness (QED) is 0.584. The van der Waals surface area contributed by atoms with E-state index in [0.717, 1.165) is 0 Å². The average Bonchev–Trinajstić information content (AvgIpc) is 2.04. The Morgan fingerprint density at radius 3 is 2.07 bits per heavy atom. The molecule has 0 aliphatic heterocycles. The van der Waals surface area contributed by atoms with Gasteiger partial charge in [0, 0.05) is 7.11 Å². The van der Waals surface area contributed by atoms with Gasteiger partial charge in [0.15, 0.2) is 5.78 Å². The summed E-state index contributed by atoms with van der Waals surface area (Å²) in [5.41, 5.74) is 0. The Labute approximate surface area is 84.3 Å². The van der Waals surface area contributed by atoms with E-state index in [-0.39, 0.29) is 31.8 Å². The third kappa shape index (κ3) is 5.50. The van der Waals surface area contributed by atoms with E-state index in [1.54, 1.807) is 13.8 Å². The van der Waals surface area contributed by atoms with Crippen LogP contribution in [0.3, 0.4) is 0 Å². The van der Waals surface area contributed by atoms with Crippen LogP contribution in [0.4, 0.5) is 0 Å². The Morgan fingerprint density at radius 1 is 1.21 bits per heavy atom. The van der Waals surface area contributed by atoms with Crippen LogP contribution in [-0.2, 0) is 23.1 Å². The van der Waals surface area contributed by atoms with Crippen molar-refractivity contribution in [2.45, 2.75) is 13.8 Å². The van der Waals surface area contributed by atoms with Gasteiger partial charge in [-0.2, -0.15) is 0 Å². The maximum atomic E-state index is 11.8. The predicted molar refractivity (Wildman–Crippen MR) is 52.6 cm³/mol. The van der Waals surface area contributed by atoms with Crippen LogP contribution >= 0.6 is 7.60 Å². The zero-order valence-electron chi connectivity index (χ0n) is 8.82. The van der Waals surface area contributed by atoms with Crippen molar-refractivity contribution < 1.29 is 23.1 Å². The Morgan fingerprint density at radius 2 is 1.71 bits per heavy atom. The molecule has 0 saturated heterocycles. The number of ether oxygens (including phenoxy) is 1. The molecule has 0 saturated carbocycles. The SMILES string of the molecule is CCOP(=O)(CC(=O)COC)OCC. The fourth-order valence-corrected chi connectivity index (χ4v) is 2.51. The number of Topliss-reactive ketones (excluding diaryl/α,β-unsaturated/α-hetero) is 1. The smallest absolute Gasteiger partial charge is 0.338 e. The van der Waals surface area contributed by atoms with Gasteiger partial charge in [0.2, 0.25) is 0 Å². The van der Waals surface area contributed by atoms with E-state index in [2.05, 4.69) is 4.74 Å². The molecule has 0 amide bonds. The van der Waals surface area contributed by atoms with Crippen LogP contribution in [0.2, 0.25) is 0 Å². The molecule has 0 heterocycles. The van der Waals surface area contributed by atoms with Crippen molar-refractivity contribution in [3.8, 4) is 0 Å². The zero-order valence-corrected chi connectivity index (χ0v) is 9.71. The summed E-state index contributed by atoms with van der Waals surface area (Å²) >= 11 is 0. The molecule has 0 bridgehead atoms. The van der Waals surface area contributed by atoms with Gasteiger partial charge in [-0.15, -0.1) is 0 Å². The van der Waals surface area contributed by atoms with Gasteiger partial charge in [0.05, 0.1) is 13.2 Å².